The Morgan fingerprint density at radius 3 is 2.45 bits per heavy atom. The fourth-order valence-electron chi connectivity index (χ4n) is 6.18. The van der Waals surface area contributed by atoms with E-state index in [2.05, 4.69) is 5.32 Å². The molecule has 47 heavy (non-hydrogen) atoms. The third-order valence-electron chi connectivity index (χ3n) is 8.79. The molecule has 4 aromatic rings. The molecule has 0 bridgehead atoms. The van der Waals surface area contributed by atoms with Gasteiger partial charge in [-0.3, -0.25) is 4.79 Å². The van der Waals surface area contributed by atoms with Crippen molar-refractivity contribution in [2.75, 3.05) is 18.6 Å². The van der Waals surface area contributed by atoms with Crippen molar-refractivity contribution in [2.45, 2.75) is 64.0 Å². The Hall–Kier alpha value is -2.92. The SMILES string of the molecule is CSCC[C@H](NC(=O)c1ccc(C(OCCC2CCCCC2)c2ccc(-c3ccc(Cl)cc3)o2)cc1-c1ccccc1C)C(=O)O.[Li]. The van der Waals surface area contributed by atoms with Crippen molar-refractivity contribution < 1.29 is 23.8 Å². The van der Waals surface area contributed by atoms with E-state index in [1.807, 2.05) is 86.0 Å². The summed E-state index contributed by atoms with van der Waals surface area (Å²) in [5, 5.41) is 13.2. The van der Waals surface area contributed by atoms with E-state index in [1.54, 1.807) is 17.8 Å². The van der Waals surface area contributed by atoms with Gasteiger partial charge in [-0.1, -0.05) is 74.0 Å². The van der Waals surface area contributed by atoms with Crippen LogP contribution in [0.25, 0.3) is 22.5 Å². The second-order valence-corrected chi connectivity index (χ2v) is 13.4. The van der Waals surface area contributed by atoms with E-state index >= 15 is 0 Å². The van der Waals surface area contributed by atoms with Gasteiger partial charge in [0, 0.05) is 41.6 Å². The molecule has 1 heterocycles. The maximum absolute atomic E-state index is 13.7. The van der Waals surface area contributed by atoms with Gasteiger partial charge in [-0.25, -0.2) is 4.79 Å². The minimum atomic E-state index is -1.04. The summed E-state index contributed by atoms with van der Waals surface area (Å²) in [5.74, 6) is 1.21. The number of hydrogen-bond donors (Lipinski definition) is 2. The van der Waals surface area contributed by atoms with E-state index in [0.29, 0.717) is 52.4 Å². The van der Waals surface area contributed by atoms with Gasteiger partial charge in [0.1, 0.15) is 23.7 Å². The molecule has 1 amide bonds. The van der Waals surface area contributed by atoms with E-state index in [-0.39, 0.29) is 18.9 Å². The van der Waals surface area contributed by atoms with Gasteiger partial charge in [0.2, 0.25) is 0 Å². The summed E-state index contributed by atoms with van der Waals surface area (Å²) in [5.41, 5.74) is 4.80. The van der Waals surface area contributed by atoms with Crippen LogP contribution in [0, 0.1) is 12.8 Å². The number of hydrogen-bond acceptors (Lipinski definition) is 5. The Labute approximate surface area is 299 Å². The van der Waals surface area contributed by atoms with E-state index < -0.39 is 24.0 Å². The average Bonchev–Trinajstić information content (AvgIpc) is 3.55. The molecule has 1 aliphatic rings. The smallest absolute Gasteiger partial charge is 0.326 e. The number of furan rings is 1. The fourth-order valence-corrected chi connectivity index (χ4v) is 6.78. The molecule has 1 saturated carbocycles. The Bertz CT molecular complexity index is 1620. The number of nitrogens with one attached hydrogen (secondary N) is 1. The Morgan fingerprint density at radius 1 is 1.00 bits per heavy atom. The molecular weight excluding hydrogens is 625 g/mol. The van der Waals surface area contributed by atoms with E-state index in [1.165, 1.54) is 32.1 Å². The van der Waals surface area contributed by atoms with Gasteiger partial charge in [0.05, 0.1) is 0 Å². The van der Waals surface area contributed by atoms with Crippen LogP contribution < -0.4 is 5.32 Å². The number of carbonyl (C=O) groups is 2. The predicted molar refractivity (Wildman–Crippen MR) is 192 cm³/mol. The zero-order valence-corrected chi connectivity index (χ0v) is 29.0. The van der Waals surface area contributed by atoms with Crippen molar-refractivity contribution >= 4 is 54.1 Å². The third-order valence-corrected chi connectivity index (χ3v) is 9.69. The van der Waals surface area contributed by atoms with Crippen LogP contribution in [0.4, 0.5) is 0 Å². The van der Waals surface area contributed by atoms with Crippen LogP contribution in [0.3, 0.4) is 0 Å². The molecule has 6 nitrogen and oxygen atoms in total. The van der Waals surface area contributed by atoms with Gasteiger partial charge in [0.25, 0.3) is 5.91 Å². The molecule has 9 heteroatoms. The Morgan fingerprint density at radius 2 is 1.74 bits per heavy atom. The normalized spacial score (nSPS) is 14.6. The second kappa shape index (κ2) is 18.0. The molecule has 0 aliphatic heterocycles. The molecule has 0 saturated heterocycles. The van der Waals surface area contributed by atoms with Crippen LogP contribution in [0.5, 0.6) is 0 Å². The van der Waals surface area contributed by atoms with Crippen LogP contribution in [0.1, 0.15) is 78.3 Å². The number of thioether (sulfide) groups is 1. The van der Waals surface area contributed by atoms with Crippen molar-refractivity contribution in [1.29, 1.82) is 0 Å². The number of carbonyl (C=O) groups excluding carboxylic acids is 1. The van der Waals surface area contributed by atoms with Crippen molar-refractivity contribution in [3.63, 3.8) is 0 Å². The zero-order chi connectivity index (χ0) is 32.5. The summed E-state index contributed by atoms with van der Waals surface area (Å²) in [6, 6.07) is 24.0. The van der Waals surface area contributed by atoms with Gasteiger partial charge in [-0.2, -0.15) is 11.8 Å². The van der Waals surface area contributed by atoms with Gasteiger partial charge >= 0.3 is 5.97 Å². The monoisotopic (exact) mass is 666 g/mol. The minimum Gasteiger partial charge on any atom is -0.480 e. The number of aliphatic carboxylic acids is 1. The first-order chi connectivity index (χ1) is 22.3. The van der Waals surface area contributed by atoms with Crippen LogP contribution in [0.2, 0.25) is 5.02 Å². The maximum Gasteiger partial charge on any atom is 0.326 e. The standard InChI is InChI=1S/C38H42ClNO5S.Li/c1-25-8-6-7-11-30(25)32-24-28(14-17-31(32)37(41)40-33(38(42)43)21-23-46-2)36(44-22-20-26-9-4-3-5-10-26)35-19-18-34(45-35)27-12-15-29(39)16-13-27;/h6-8,11-19,24,26,33,36H,3-5,9-10,20-23H2,1-2H3,(H,40,41)(H,42,43);/t33-,36?;/m0./s1. The first kappa shape index (κ1) is 36.9. The number of rotatable bonds is 14. The predicted octanol–water partition coefficient (Wildman–Crippen LogP) is 9.21. The first-order valence-corrected chi connectivity index (χ1v) is 17.8. The van der Waals surface area contributed by atoms with Crippen molar-refractivity contribution in [2.24, 2.45) is 5.92 Å². The number of halogens is 1. The number of benzene rings is 3. The first-order valence-electron chi connectivity index (χ1n) is 16.0. The number of aryl methyl sites for hydroxylation is 1. The third kappa shape index (κ3) is 9.81. The van der Waals surface area contributed by atoms with Crippen molar-refractivity contribution in [3.05, 3.63) is 106 Å². The van der Waals surface area contributed by atoms with Crippen LogP contribution in [-0.2, 0) is 9.53 Å². The zero-order valence-electron chi connectivity index (χ0n) is 27.5. The van der Waals surface area contributed by atoms with Crippen LogP contribution >= 0.6 is 23.4 Å². The summed E-state index contributed by atoms with van der Waals surface area (Å²) < 4.78 is 13.1. The Kier molecular flexibility index (Phi) is 14.1. The van der Waals surface area contributed by atoms with Gasteiger partial charge in [0.15, 0.2) is 0 Å². The Balaban J connectivity index is 0.00000500. The van der Waals surface area contributed by atoms with Crippen molar-refractivity contribution in [1.82, 2.24) is 5.32 Å². The molecule has 2 N–H and O–H groups in total. The molecule has 3 aromatic carbocycles. The number of carboxylic acid groups (broad SMARTS) is 1. The molecular formula is C38H42ClLiNO5S. The topological polar surface area (TPSA) is 88.8 Å². The maximum atomic E-state index is 13.7. The molecule has 1 aromatic heterocycles. The molecule has 5 rings (SSSR count). The molecule has 1 unspecified atom stereocenters. The quantitative estimate of drug-likeness (QED) is 0.131. The van der Waals surface area contributed by atoms with E-state index in [9.17, 15) is 14.7 Å². The van der Waals surface area contributed by atoms with E-state index in [4.69, 9.17) is 20.8 Å². The molecule has 1 radical (unpaired) electrons. The molecule has 1 fully saturated rings. The largest absolute Gasteiger partial charge is 0.480 e. The molecule has 2 atom stereocenters. The fraction of sp³-hybridized carbons (Fsp3) is 0.368. The van der Waals surface area contributed by atoms with E-state index in [0.717, 1.165) is 28.7 Å². The summed E-state index contributed by atoms with van der Waals surface area (Å²) in [6.45, 7) is 2.59. The number of ether oxygens (including phenoxy) is 1. The minimum absolute atomic E-state index is 0. The average molecular weight is 667 g/mol. The number of carboxylic acids is 1. The summed E-state index contributed by atoms with van der Waals surface area (Å²) in [4.78, 5) is 25.6. The number of amides is 1. The molecule has 1 aliphatic carbocycles. The summed E-state index contributed by atoms with van der Waals surface area (Å²) >= 11 is 7.67. The van der Waals surface area contributed by atoms with Crippen molar-refractivity contribution in [3.8, 4) is 22.5 Å². The summed E-state index contributed by atoms with van der Waals surface area (Å²) in [6.07, 6.45) is 9.09. The van der Waals surface area contributed by atoms with Gasteiger partial charge in [-0.15, -0.1) is 0 Å². The molecule has 243 valence electrons. The van der Waals surface area contributed by atoms with Crippen LogP contribution in [0.15, 0.2) is 83.3 Å². The summed E-state index contributed by atoms with van der Waals surface area (Å²) in [7, 11) is 0. The second-order valence-electron chi connectivity index (χ2n) is 12.0. The van der Waals surface area contributed by atoms with Gasteiger partial charge in [-0.05, 0) is 108 Å². The molecule has 0 spiro atoms. The van der Waals surface area contributed by atoms with Gasteiger partial charge < -0.3 is 19.6 Å². The van der Waals surface area contributed by atoms with Crippen LogP contribution in [-0.4, -0.2) is 60.5 Å².